The van der Waals surface area contributed by atoms with Crippen LogP contribution in [0.25, 0.3) is 0 Å². The van der Waals surface area contributed by atoms with Gasteiger partial charge >= 0.3 is 20.0 Å². The number of halogens is 10. The van der Waals surface area contributed by atoms with Gasteiger partial charge < -0.3 is 26.7 Å². The van der Waals surface area contributed by atoms with Crippen LogP contribution in [0, 0.1) is 0 Å². The van der Waals surface area contributed by atoms with E-state index in [-0.39, 0.29) is 0 Å². The van der Waals surface area contributed by atoms with Gasteiger partial charge in [0.25, 0.3) is 0 Å². The third-order valence-corrected chi connectivity index (χ3v) is 9.64. The largest absolute Gasteiger partial charge is 0.673 e. The molecule has 0 N–H and O–H groups in total. The molecule has 2 saturated carbocycles. The maximum Gasteiger partial charge on any atom is 0.673 e. The van der Waals surface area contributed by atoms with Crippen molar-refractivity contribution in [3.05, 3.63) is 18.2 Å². The van der Waals surface area contributed by atoms with E-state index in [2.05, 4.69) is 9.47 Å². The van der Waals surface area contributed by atoms with Gasteiger partial charge in [0.1, 0.15) is 11.5 Å². The summed E-state index contributed by atoms with van der Waals surface area (Å²) >= 11 is 0. The van der Waals surface area contributed by atoms with Crippen LogP contribution in [0.1, 0.15) is 64.2 Å². The second-order valence-electron chi connectivity index (χ2n) is 8.41. The standard InChI is InChI=1S/C20H25F6O2P.BF4/c21-19(22,23)27-14-11-15(28-20(24,25)26)13-18(12-14)29(16-7-3-1-4-8-16)17-9-5-2-6-10-17;2-1(3,4)5/h11-13,16-17H,1-10H2;/q;-1/p+1. The summed E-state index contributed by atoms with van der Waals surface area (Å²) in [5.41, 5.74) is 0.716. The van der Waals surface area contributed by atoms with Crippen LogP contribution >= 0.6 is 7.92 Å². The summed E-state index contributed by atoms with van der Waals surface area (Å²) < 4.78 is 124. The van der Waals surface area contributed by atoms with Crippen molar-refractivity contribution in [3.8, 4) is 11.5 Å². The van der Waals surface area contributed by atoms with Crippen molar-refractivity contribution in [2.75, 3.05) is 0 Å². The summed E-state index contributed by atoms with van der Waals surface area (Å²) in [6, 6.07) is 3.27. The number of benzene rings is 1. The molecule has 0 aliphatic heterocycles. The van der Waals surface area contributed by atoms with Crippen LogP contribution in [0.5, 0.6) is 11.5 Å². The van der Waals surface area contributed by atoms with E-state index in [1.807, 2.05) is 0 Å². The van der Waals surface area contributed by atoms with Gasteiger partial charge in [-0.3, -0.25) is 0 Å². The van der Waals surface area contributed by atoms with Gasteiger partial charge in [-0.15, -0.1) is 26.3 Å². The molecule has 34 heavy (non-hydrogen) atoms. The number of hydrogen-bond donors (Lipinski definition) is 0. The molecule has 0 atom stereocenters. The van der Waals surface area contributed by atoms with Gasteiger partial charge in [0.15, 0.2) is 0 Å². The molecular weight excluding hydrogens is 504 g/mol. The molecule has 0 radical (unpaired) electrons. The average Bonchev–Trinajstić information content (AvgIpc) is 2.66. The quantitative estimate of drug-likeness (QED) is 0.217. The second-order valence-corrected chi connectivity index (χ2v) is 11.5. The topological polar surface area (TPSA) is 18.5 Å². The Kier molecular flexibility index (Phi) is 10.2. The van der Waals surface area contributed by atoms with Crippen molar-refractivity contribution >= 4 is 20.5 Å². The summed E-state index contributed by atoms with van der Waals surface area (Å²) in [5, 5.41) is 0.565. The molecule has 1 aromatic rings. The molecule has 0 amide bonds. The zero-order chi connectivity index (χ0) is 25.6. The van der Waals surface area contributed by atoms with Crippen molar-refractivity contribution in [1.29, 1.82) is 0 Å². The summed E-state index contributed by atoms with van der Waals surface area (Å²) in [6.45, 7) is 0. The number of alkyl halides is 6. The average molecular weight is 530 g/mol. The Morgan fingerprint density at radius 1 is 0.618 bits per heavy atom. The first-order valence-corrected chi connectivity index (χ1v) is 12.7. The van der Waals surface area contributed by atoms with E-state index in [0.29, 0.717) is 22.7 Å². The fourth-order valence-electron chi connectivity index (χ4n) is 4.76. The number of rotatable bonds is 5. The molecule has 0 bridgehead atoms. The SMILES string of the molecule is FC(F)(F)Oc1cc(OC(F)(F)F)cc([PH+](C2CCCCC2)C2CCCCC2)c1.F[B-](F)(F)F. The van der Waals surface area contributed by atoms with Gasteiger partial charge in [-0.2, -0.15) is 0 Å². The number of ether oxygens (including phenoxy) is 2. The summed E-state index contributed by atoms with van der Waals surface area (Å²) in [5.74, 6) is -1.27. The van der Waals surface area contributed by atoms with E-state index in [4.69, 9.17) is 0 Å². The lowest BCUT2D eigenvalue weighted by molar-refractivity contribution is -0.276. The maximum absolute atomic E-state index is 12.8. The van der Waals surface area contributed by atoms with Gasteiger partial charge in [-0.1, -0.05) is 12.8 Å². The third-order valence-electron chi connectivity index (χ3n) is 5.77. The van der Waals surface area contributed by atoms with Gasteiger partial charge in [0.05, 0.1) is 16.6 Å². The molecule has 3 rings (SSSR count). The van der Waals surface area contributed by atoms with Gasteiger partial charge in [0, 0.05) is 26.1 Å². The third kappa shape index (κ3) is 11.4. The highest BCUT2D eigenvalue weighted by Gasteiger charge is 2.41. The molecule has 0 saturated heterocycles. The van der Waals surface area contributed by atoms with Crippen molar-refractivity contribution in [2.24, 2.45) is 0 Å². The normalized spacial score (nSPS) is 18.9. The van der Waals surface area contributed by atoms with Gasteiger partial charge in [-0.05, 0) is 51.4 Å². The molecular formula is C20H26BF10O2P. The minimum atomic E-state index is -6.00. The Hall–Kier alpha value is -1.39. The molecule has 0 spiro atoms. The molecule has 2 aliphatic rings. The first-order chi connectivity index (χ1) is 15.6. The monoisotopic (exact) mass is 530 g/mol. The minimum Gasteiger partial charge on any atom is -0.418 e. The Labute approximate surface area is 192 Å². The summed E-state index contributed by atoms with van der Waals surface area (Å²) in [7, 11) is -7.37. The smallest absolute Gasteiger partial charge is 0.418 e. The van der Waals surface area contributed by atoms with E-state index < -0.39 is 39.4 Å². The highest BCUT2D eigenvalue weighted by molar-refractivity contribution is 7.67. The van der Waals surface area contributed by atoms with Gasteiger partial charge in [0.2, 0.25) is 0 Å². The minimum absolute atomic E-state index is 0.358. The predicted octanol–water partition coefficient (Wildman–Crippen LogP) is 8.29. The molecule has 2 aliphatic carbocycles. The van der Waals surface area contributed by atoms with Crippen LogP contribution < -0.4 is 14.8 Å². The van der Waals surface area contributed by atoms with Gasteiger partial charge in [-0.25, -0.2) is 0 Å². The maximum atomic E-state index is 12.8. The molecule has 1 aromatic carbocycles. The fourth-order valence-corrected chi connectivity index (χ4v) is 9.04. The molecule has 2 fully saturated rings. The first kappa shape index (κ1) is 28.8. The van der Waals surface area contributed by atoms with Crippen molar-refractivity contribution in [1.82, 2.24) is 0 Å². The molecule has 0 aromatic heterocycles. The zero-order valence-corrected chi connectivity index (χ0v) is 19.1. The zero-order valence-electron chi connectivity index (χ0n) is 18.1. The van der Waals surface area contributed by atoms with Crippen LogP contribution in [-0.2, 0) is 0 Å². The van der Waals surface area contributed by atoms with E-state index >= 15 is 0 Å². The van der Waals surface area contributed by atoms with E-state index in [1.54, 1.807) is 0 Å². The Bertz CT molecular complexity index is 699. The van der Waals surface area contributed by atoms with Crippen LogP contribution in [0.4, 0.5) is 43.6 Å². The molecule has 14 heteroatoms. The molecule has 0 unspecified atom stereocenters. The predicted molar refractivity (Wildman–Crippen MR) is 112 cm³/mol. The fraction of sp³-hybridized carbons (Fsp3) is 0.700. The van der Waals surface area contributed by atoms with Crippen LogP contribution in [-0.4, -0.2) is 31.3 Å². The Morgan fingerprint density at radius 2 is 0.941 bits per heavy atom. The molecule has 0 heterocycles. The lowest BCUT2D eigenvalue weighted by Gasteiger charge is -2.32. The lowest BCUT2D eigenvalue weighted by Crippen LogP contribution is -2.27. The van der Waals surface area contributed by atoms with E-state index in [1.165, 1.54) is 12.1 Å². The van der Waals surface area contributed by atoms with E-state index in [9.17, 15) is 43.6 Å². The Morgan fingerprint density at radius 3 is 1.24 bits per heavy atom. The molecule has 2 nitrogen and oxygen atoms in total. The summed E-state index contributed by atoms with van der Waals surface area (Å²) in [4.78, 5) is 0. The van der Waals surface area contributed by atoms with Crippen molar-refractivity contribution < 1.29 is 53.1 Å². The first-order valence-electron chi connectivity index (χ1n) is 11.0. The second kappa shape index (κ2) is 12.0. The van der Waals surface area contributed by atoms with Crippen LogP contribution in [0.2, 0.25) is 0 Å². The summed E-state index contributed by atoms with van der Waals surface area (Å²) in [6.07, 6.45) is 0.544. The molecule has 196 valence electrons. The lowest BCUT2D eigenvalue weighted by atomic mass is 9.99. The highest BCUT2D eigenvalue weighted by Crippen LogP contribution is 2.55. The van der Waals surface area contributed by atoms with Crippen molar-refractivity contribution in [3.63, 3.8) is 0 Å². The van der Waals surface area contributed by atoms with Crippen molar-refractivity contribution in [2.45, 2.75) is 88.3 Å². The van der Waals surface area contributed by atoms with Crippen LogP contribution in [0.15, 0.2) is 18.2 Å². The van der Waals surface area contributed by atoms with E-state index in [0.717, 1.165) is 64.2 Å². The highest BCUT2D eigenvalue weighted by atomic mass is 31.1. The Balaban J connectivity index is 0.000000739. The number of hydrogen-bond acceptors (Lipinski definition) is 2. The van der Waals surface area contributed by atoms with Crippen LogP contribution in [0.3, 0.4) is 0 Å².